The quantitative estimate of drug-likeness (QED) is 0.213. The van der Waals surface area contributed by atoms with E-state index in [1.165, 1.54) is 37.0 Å². The molecule has 0 N–H and O–H groups in total. The van der Waals surface area contributed by atoms with E-state index in [2.05, 4.69) is 30.9 Å². The summed E-state index contributed by atoms with van der Waals surface area (Å²) >= 11 is 5.75. The lowest BCUT2D eigenvalue weighted by Crippen LogP contribution is -1.89. The Morgan fingerprint density at radius 2 is 1.53 bits per heavy atom. The maximum atomic E-state index is 15.1. The molecule has 0 aliphatic heterocycles. The maximum Gasteiger partial charge on any atom is 0.142 e. The number of halogens is 3. The zero-order valence-corrected chi connectivity index (χ0v) is 18.6. The first-order chi connectivity index (χ1) is 15.5. The summed E-state index contributed by atoms with van der Waals surface area (Å²) in [7, 11) is 0. The normalized spacial score (nSPS) is 10.8. The third-order valence-electron chi connectivity index (χ3n) is 5.56. The third-order valence-corrected chi connectivity index (χ3v) is 5.87. The Labute approximate surface area is 192 Å². The molecule has 0 fully saturated rings. The van der Waals surface area contributed by atoms with Crippen LogP contribution in [-0.4, -0.2) is 0 Å². The van der Waals surface area contributed by atoms with Crippen molar-refractivity contribution in [1.29, 1.82) is 0 Å². The monoisotopic (exact) mass is 444 g/mol. The highest BCUT2D eigenvalue weighted by Crippen LogP contribution is 2.31. The van der Waals surface area contributed by atoms with Crippen LogP contribution in [0.5, 0.6) is 0 Å². The van der Waals surface area contributed by atoms with E-state index >= 15 is 4.39 Å². The van der Waals surface area contributed by atoms with Gasteiger partial charge in [0.15, 0.2) is 0 Å². The molecule has 0 aliphatic carbocycles. The van der Waals surface area contributed by atoms with Crippen molar-refractivity contribution in [3.05, 3.63) is 106 Å². The van der Waals surface area contributed by atoms with E-state index in [1.807, 2.05) is 30.3 Å². The predicted octanol–water partition coefficient (Wildman–Crippen LogP) is 8.57. The van der Waals surface area contributed by atoms with Crippen LogP contribution in [0.2, 0.25) is 5.02 Å². The van der Waals surface area contributed by atoms with E-state index < -0.39 is 5.82 Å². The molecule has 0 aliphatic rings. The Bertz CT molecular complexity index is 1310. The number of benzene rings is 4. The maximum absolute atomic E-state index is 15.1. The number of rotatable bonds is 5. The van der Waals surface area contributed by atoms with Gasteiger partial charge in [0.1, 0.15) is 11.6 Å². The molecule has 0 nitrogen and oxygen atoms in total. The lowest BCUT2D eigenvalue weighted by Gasteiger charge is -2.08. The summed E-state index contributed by atoms with van der Waals surface area (Å²) in [6.45, 7) is 2.21. The van der Waals surface area contributed by atoms with E-state index in [0.29, 0.717) is 16.5 Å². The predicted molar refractivity (Wildman–Crippen MR) is 130 cm³/mol. The summed E-state index contributed by atoms with van der Waals surface area (Å²) in [5.74, 6) is 5.40. The van der Waals surface area contributed by atoms with Gasteiger partial charge in [0.2, 0.25) is 0 Å². The van der Waals surface area contributed by atoms with E-state index in [4.69, 9.17) is 11.6 Å². The number of hydrogen-bond donors (Lipinski definition) is 0. The fourth-order valence-corrected chi connectivity index (χ4v) is 3.85. The van der Waals surface area contributed by atoms with Crippen molar-refractivity contribution < 1.29 is 8.78 Å². The number of fused-ring (bicyclic) bond motifs is 1. The standard InChI is InChI=1S/C29H23ClF2/c1-2-3-4-5-20-6-8-21(9-7-20)10-11-22-12-15-25-23(18-22)13-16-26(29(25)32)24-14-17-27(30)28(31)19-24/h6-9,12-19H,2-5H2,1H3. The number of hydrogen-bond acceptors (Lipinski definition) is 0. The van der Waals surface area contributed by atoms with Crippen molar-refractivity contribution in [3.63, 3.8) is 0 Å². The van der Waals surface area contributed by atoms with Crippen LogP contribution in [0.15, 0.2) is 72.8 Å². The Balaban J connectivity index is 1.56. The zero-order valence-electron chi connectivity index (χ0n) is 17.9. The van der Waals surface area contributed by atoms with Crippen LogP contribution in [0, 0.1) is 23.5 Å². The lowest BCUT2D eigenvalue weighted by molar-refractivity contribution is 0.627. The van der Waals surface area contributed by atoms with Crippen LogP contribution in [0.1, 0.15) is 42.9 Å². The molecule has 4 aromatic rings. The van der Waals surface area contributed by atoms with Gasteiger partial charge in [0.05, 0.1) is 5.02 Å². The average molecular weight is 445 g/mol. The van der Waals surface area contributed by atoms with Gasteiger partial charge in [-0.1, -0.05) is 79.6 Å². The van der Waals surface area contributed by atoms with Gasteiger partial charge < -0.3 is 0 Å². The summed E-state index contributed by atoms with van der Waals surface area (Å²) in [5, 5.41) is 1.24. The average Bonchev–Trinajstić information content (AvgIpc) is 2.81. The summed E-state index contributed by atoms with van der Waals surface area (Å²) in [4.78, 5) is 0. The first-order valence-electron chi connectivity index (χ1n) is 10.8. The second-order valence-corrected chi connectivity index (χ2v) is 8.30. The molecule has 0 saturated carbocycles. The second kappa shape index (κ2) is 9.98. The van der Waals surface area contributed by atoms with Gasteiger partial charge in [-0.05, 0) is 65.8 Å². The Morgan fingerprint density at radius 1 is 0.781 bits per heavy atom. The van der Waals surface area contributed by atoms with E-state index in [1.54, 1.807) is 18.2 Å². The Hall–Kier alpha value is -3.15. The minimum atomic E-state index is -0.566. The van der Waals surface area contributed by atoms with Gasteiger partial charge in [-0.25, -0.2) is 8.78 Å². The van der Waals surface area contributed by atoms with Gasteiger partial charge in [-0.15, -0.1) is 0 Å². The molecule has 160 valence electrons. The summed E-state index contributed by atoms with van der Waals surface area (Å²) in [6.07, 6.45) is 4.79. The summed E-state index contributed by atoms with van der Waals surface area (Å²) < 4.78 is 28.9. The number of unbranched alkanes of at least 4 members (excludes halogenated alkanes) is 2. The SMILES string of the molecule is CCCCCc1ccc(C#Cc2ccc3c(F)c(-c4ccc(Cl)c(F)c4)ccc3c2)cc1. The minimum absolute atomic E-state index is 0.0179. The topological polar surface area (TPSA) is 0 Å². The fourth-order valence-electron chi connectivity index (χ4n) is 3.73. The molecule has 4 rings (SSSR count). The zero-order chi connectivity index (χ0) is 22.5. The van der Waals surface area contributed by atoms with Gasteiger partial charge in [0.25, 0.3) is 0 Å². The van der Waals surface area contributed by atoms with Crippen molar-refractivity contribution in [2.24, 2.45) is 0 Å². The molecule has 0 spiro atoms. The summed E-state index contributed by atoms with van der Waals surface area (Å²) in [6, 6.07) is 21.6. The second-order valence-electron chi connectivity index (χ2n) is 7.90. The largest absolute Gasteiger partial charge is 0.206 e. The third kappa shape index (κ3) is 5.01. The molecule has 0 atom stereocenters. The molecule has 0 amide bonds. The van der Waals surface area contributed by atoms with Gasteiger partial charge in [-0.3, -0.25) is 0 Å². The van der Waals surface area contributed by atoms with Crippen LogP contribution in [0.25, 0.3) is 21.9 Å². The molecule has 0 bridgehead atoms. The van der Waals surface area contributed by atoms with E-state index in [0.717, 1.165) is 22.9 Å². The molecular formula is C29H23ClF2. The Morgan fingerprint density at radius 3 is 2.28 bits per heavy atom. The van der Waals surface area contributed by atoms with Crippen molar-refractivity contribution in [3.8, 4) is 23.0 Å². The lowest BCUT2D eigenvalue weighted by atomic mass is 9.99. The van der Waals surface area contributed by atoms with Crippen LogP contribution in [0.3, 0.4) is 0 Å². The smallest absolute Gasteiger partial charge is 0.142 e. The molecule has 0 unspecified atom stereocenters. The van der Waals surface area contributed by atoms with Crippen molar-refractivity contribution in [2.75, 3.05) is 0 Å². The molecule has 0 radical (unpaired) electrons. The molecule has 0 saturated heterocycles. The van der Waals surface area contributed by atoms with Crippen LogP contribution in [0.4, 0.5) is 8.78 Å². The van der Waals surface area contributed by atoms with Crippen LogP contribution in [-0.2, 0) is 6.42 Å². The van der Waals surface area contributed by atoms with Crippen LogP contribution >= 0.6 is 11.6 Å². The fraction of sp³-hybridized carbons (Fsp3) is 0.172. The summed E-state index contributed by atoms with van der Waals surface area (Å²) in [5.41, 5.74) is 3.89. The highest BCUT2D eigenvalue weighted by Gasteiger charge is 2.11. The van der Waals surface area contributed by atoms with Gasteiger partial charge in [0, 0.05) is 22.1 Å². The first kappa shape index (κ1) is 22.1. The van der Waals surface area contributed by atoms with Crippen molar-refractivity contribution in [1.82, 2.24) is 0 Å². The van der Waals surface area contributed by atoms with Gasteiger partial charge in [-0.2, -0.15) is 0 Å². The van der Waals surface area contributed by atoms with Crippen molar-refractivity contribution >= 4 is 22.4 Å². The molecule has 3 heteroatoms. The molecule has 0 heterocycles. The first-order valence-corrected chi connectivity index (χ1v) is 11.2. The minimum Gasteiger partial charge on any atom is -0.206 e. The highest BCUT2D eigenvalue weighted by atomic mass is 35.5. The molecular weight excluding hydrogens is 422 g/mol. The Kier molecular flexibility index (Phi) is 6.88. The van der Waals surface area contributed by atoms with Gasteiger partial charge >= 0.3 is 0 Å². The molecule has 4 aromatic carbocycles. The van der Waals surface area contributed by atoms with Crippen molar-refractivity contribution in [2.45, 2.75) is 32.6 Å². The van der Waals surface area contributed by atoms with Crippen LogP contribution < -0.4 is 0 Å². The molecule has 0 aromatic heterocycles. The molecule has 32 heavy (non-hydrogen) atoms. The van der Waals surface area contributed by atoms with E-state index in [9.17, 15) is 4.39 Å². The van der Waals surface area contributed by atoms with E-state index in [-0.39, 0.29) is 10.8 Å². The number of aryl methyl sites for hydroxylation is 1. The highest BCUT2D eigenvalue weighted by molar-refractivity contribution is 6.30.